The highest BCUT2D eigenvalue weighted by Gasteiger charge is 2.90. The van der Waals surface area contributed by atoms with Crippen molar-refractivity contribution in [3.8, 4) is 0 Å². The summed E-state index contributed by atoms with van der Waals surface area (Å²) in [7, 11) is 0. The summed E-state index contributed by atoms with van der Waals surface area (Å²) in [4.78, 5) is 0. The lowest BCUT2D eigenvalue weighted by Gasteiger charge is -2.93. The summed E-state index contributed by atoms with van der Waals surface area (Å²) in [5, 5.41) is 2.27. The predicted molar refractivity (Wildman–Crippen MR) is 87.3 cm³/mol. The van der Waals surface area contributed by atoms with Gasteiger partial charge in [-0.2, -0.15) is 11.8 Å². The van der Waals surface area contributed by atoms with Crippen LogP contribution in [-0.2, 0) is 0 Å². The van der Waals surface area contributed by atoms with Gasteiger partial charge >= 0.3 is 0 Å². The van der Waals surface area contributed by atoms with Gasteiger partial charge < -0.3 is 0 Å². The lowest BCUT2D eigenvalue weighted by Crippen LogP contribution is -2.89. The van der Waals surface area contributed by atoms with Crippen molar-refractivity contribution in [2.24, 2.45) is 63.6 Å². The average Bonchev–Trinajstić information content (AvgIpc) is 2.42. The van der Waals surface area contributed by atoms with Gasteiger partial charge in [0.05, 0.1) is 0 Å². The highest BCUT2D eigenvalue weighted by Crippen LogP contribution is 2.95. The molecule has 0 radical (unpaired) electrons. The lowest BCUT2D eigenvalue weighted by molar-refractivity contribution is -0.421. The second kappa shape index (κ2) is 2.69. The highest BCUT2D eigenvalue weighted by molar-refractivity contribution is 8.00. The van der Waals surface area contributed by atoms with Crippen molar-refractivity contribution in [3.63, 3.8) is 0 Å². The van der Waals surface area contributed by atoms with Gasteiger partial charge in [-0.1, -0.05) is 0 Å². The Bertz CT molecular complexity index is 544. The van der Waals surface area contributed by atoms with Crippen LogP contribution >= 0.6 is 11.8 Å². The third kappa shape index (κ3) is 0.727. The summed E-state index contributed by atoms with van der Waals surface area (Å²) in [5.74, 6) is 9.74. The van der Waals surface area contributed by atoms with E-state index in [-0.39, 0.29) is 0 Å². The Morgan fingerprint density at radius 2 is 1.18 bits per heavy atom. The Kier molecular flexibility index (Phi) is 1.35. The van der Waals surface area contributed by atoms with Crippen molar-refractivity contribution < 1.29 is 0 Å². The molecule has 8 atom stereocenters. The normalized spacial score (nSPS) is 85.1. The molecule has 13 bridgehead atoms. The molecular formula is C21H26S. The van der Waals surface area contributed by atoms with E-state index in [1.807, 2.05) is 0 Å². The third-order valence-electron chi connectivity index (χ3n) is 11.7. The minimum Gasteiger partial charge on any atom is -0.154 e. The molecule has 0 aromatic heterocycles. The van der Waals surface area contributed by atoms with E-state index in [4.69, 9.17) is 0 Å². The summed E-state index contributed by atoms with van der Waals surface area (Å²) in [6, 6.07) is 0. The lowest BCUT2D eigenvalue weighted by atomic mass is 9.14. The van der Waals surface area contributed by atoms with Gasteiger partial charge in [0.15, 0.2) is 0 Å². The van der Waals surface area contributed by atoms with Crippen LogP contribution in [0.4, 0.5) is 0 Å². The molecule has 1 heteroatoms. The van der Waals surface area contributed by atoms with Crippen LogP contribution in [0.5, 0.6) is 0 Å². The molecule has 11 aliphatic carbocycles. The van der Waals surface area contributed by atoms with E-state index in [0.29, 0.717) is 0 Å². The van der Waals surface area contributed by atoms with Gasteiger partial charge in [-0.05, 0) is 115 Å². The van der Waals surface area contributed by atoms with Crippen LogP contribution in [0.1, 0.15) is 51.4 Å². The zero-order valence-corrected chi connectivity index (χ0v) is 14.2. The highest BCUT2D eigenvalue weighted by atomic mass is 32.2. The molecule has 116 valence electrons. The minimum atomic E-state index is 0.908. The Hall–Kier alpha value is 0.350. The largest absolute Gasteiger partial charge is 0.154 e. The summed E-state index contributed by atoms with van der Waals surface area (Å²) >= 11 is 2.55. The van der Waals surface area contributed by atoms with Gasteiger partial charge in [-0.15, -0.1) is 0 Å². The molecule has 0 aromatic carbocycles. The van der Waals surface area contributed by atoms with Crippen LogP contribution in [0.3, 0.4) is 0 Å². The number of hydrogen-bond acceptors (Lipinski definition) is 1. The summed E-state index contributed by atoms with van der Waals surface area (Å²) in [6.45, 7) is 0. The molecule has 2 heterocycles. The smallest absolute Gasteiger partial charge is 0.0123 e. The van der Waals surface area contributed by atoms with Crippen LogP contribution in [0.25, 0.3) is 0 Å². The van der Waals surface area contributed by atoms with Crippen molar-refractivity contribution in [2.45, 2.75) is 61.9 Å². The fourth-order valence-corrected chi connectivity index (χ4v) is 15.8. The molecule has 0 N–H and O–H groups in total. The van der Waals surface area contributed by atoms with E-state index in [1.54, 1.807) is 51.4 Å². The molecule has 2 aliphatic heterocycles. The first-order chi connectivity index (χ1) is 10.8. The van der Waals surface area contributed by atoms with Crippen molar-refractivity contribution in [1.82, 2.24) is 0 Å². The summed E-state index contributed by atoms with van der Waals surface area (Å²) < 4.78 is 0. The molecule has 13 aliphatic rings. The first-order valence-corrected chi connectivity index (χ1v) is 11.4. The Labute approximate surface area is 137 Å². The number of thioether (sulfide) groups is 1. The third-order valence-corrected chi connectivity index (χ3v) is 13.3. The maximum Gasteiger partial charge on any atom is 0.0123 e. The Morgan fingerprint density at radius 3 is 1.77 bits per heavy atom. The van der Waals surface area contributed by atoms with Crippen molar-refractivity contribution in [3.05, 3.63) is 0 Å². The molecular weight excluding hydrogens is 284 g/mol. The van der Waals surface area contributed by atoms with E-state index in [9.17, 15) is 0 Å². The van der Waals surface area contributed by atoms with E-state index in [1.165, 1.54) is 47.3 Å². The molecule has 8 unspecified atom stereocenters. The monoisotopic (exact) mass is 310 g/mol. The molecule has 0 aromatic rings. The molecule has 11 saturated carbocycles. The van der Waals surface area contributed by atoms with Crippen molar-refractivity contribution >= 4 is 11.8 Å². The summed E-state index contributed by atoms with van der Waals surface area (Å²) in [5.41, 5.74) is 2.73. The maximum atomic E-state index is 2.55. The van der Waals surface area contributed by atoms with E-state index in [2.05, 4.69) is 11.8 Å². The van der Waals surface area contributed by atoms with Crippen molar-refractivity contribution in [1.29, 1.82) is 0 Å². The van der Waals surface area contributed by atoms with E-state index in [0.717, 1.165) is 26.7 Å². The van der Waals surface area contributed by atoms with E-state index >= 15 is 0 Å². The Balaban J connectivity index is 1.48. The maximum absolute atomic E-state index is 2.55. The summed E-state index contributed by atoms with van der Waals surface area (Å²) in [6.07, 6.45) is 13.6. The first kappa shape index (κ1) is 11.1. The number of rotatable bonds is 0. The average molecular weight is 311 g/mol. The number of hydrogen-bond donors (Lipinski definition) is 0. The van der Waals surface area contributed by atoms with Crippen molar-refractivity contribution in [2.75, 3.05) is 0 Å². The Morgan fingerprint density at radius 1 is 0.636 bits per heavy atom. The molecule has 22 heavy (non-hydrogen) atoms. The molecule has 2 saturated heterocycles. The van der Waals surface area contributed by atoms with Gasteiger partial charge in [0.1, 0.15) is 0 Å². The van der Waals surface area contributed by atoms with Gasteiger partial charge in [0.25, 0.3) is 0 Å². The van der Waals surface area contributed by atoms with Crippen LogP contribution in [-0.4, -0.2) is 10.5 Å². The van der Waals surface area contributed by atoms with Gasteiger partial charge in [-0.3, -0.25) is 0 Å². The topological polar surface area (TPSA) is 0 Å². The fourth-order valence-electron chi connectivity index (χ4n) is 13.3. The van der Waals surface area contributed by atoms with Crippen LogP contribution < -0.4 is 0 Å². The zero-order valence-electron chi connectivity index (χ0n) is 13.3. The molecule has 0 nitrogen and oxygen atoms in total. The molecule has 0 amide bonds. The van der Waals surface area contributed by atoms with Crippen LogP contribution in [0.2, 0.25) is 0 Å². The first-order valence-electron chi connectivity index (χ1n) is 10.4. The predicted octanol–water partition coefficient (Wildman–Crippen LogP) is 4.59. The molecule has 3 spiro atoms. The van der Waals surface area contributed by atoms with Gasteiger partial charge in [0.2, 0.25) is 0 Å². The zero-order chi connectivity index (χ0) is 13.6. The standard InChI is InChI=1S/C21H26S/c1-9-3-19-4-10-2-13-14(19)12(1)15-17-16(13)21(6-10)8-11(22-17)7-20(15,5-9)18(19)21/h9-18H,1-8H2. The van der Waals surface area contributed by atoms with E-state index < -0.39 is 0 Å². The molecule has 13 rings (SSSR count). The van der Waals surface area contributed by atoms with Gasteiger partial charge in [0, 0.05) is 10.5 Å². The fraction of sp³-hybridized carbons (Fsp3) is 1.00. The van der Waals surface area contributed by atoms with Crippen LogP contribution in [0, 0.1) is 63.6 Å². The van der Waals surface area contributed by atoms with Gasteiger partial charge in [-0.25, -0.2) is 0 Å². The SMILES string of the molecule is C1C2CC34CC5CC6C3C1C1C3SC7CC1(C2)C4C(C5)(C7)C63. The van der Waals surface area contributed by atoms with Crippen LogP contribution in [0.15, 0.2) is 0 Å². The minimum absolute atomic E-state index is 0.908. The molecule has 13 fully saturated rings. The second-order valence-corrected chi connectivity index (χ2v) is 13.2. The second-order valence-electron chi connectivity index (χ2n) is 11.7. The quantitative estimate of drug-likeness (QED) is 0.630.